The second kappa shape index (κ2) is 7.09. The largest absolute Gasteiger partial charge is 0.427 e. The fourth-order valence-electron chi connectivity index (χ4n) is 2.00. The van der Waals surface area contributed by atoms with Gasteiger partial charge in [0.25, 0.3) is 5.91 Å². The van der Waals surface area contributed by atoms with Crippen molar-refractivity contribution in [3.8, 4) is 5.75 Å². The Kier molecular flexibility index (Phi) is 5.16. The monoisotopic (exact) mass is 311 g/mol. The van der Waals surface area contributed by atoms with Crippen molar-refractivity contribution in [2.75, 3.05) is 5.32 Å². The Morgan fingerprint density at radius 2 is 1.57 bits per heavy atom. The van der Waals surface area contributed by atoms with Gasteiger partial charge >= 0.3 is 5.97 Å². The highest BCUT2D eigenvalue weighted by atomic mass is 16.5. The van der Waals surface area contributed by atoms with Crippen molar-refractivity contribution in [3.05, 3.63) is 60.2 Å². The van der Waals surface area contributed by atoms with Crippen LogP contribution in [0.1, 0.15) is 37.6 Å². The van der Waals surface area contributed by atoms with Crippen LogP contribution in [-0.4, -0.2) is 11.9 Å². The first-order valence-corrected chi connectivity index (χ1v) is 7.51. The molecular formula is C19H21NO3. The van der Waals surface area contributed by atoms with Crippen LogP contribution in [0.4, 0.5) is 5.69 Å². The lowest BCUT2D eigenvalue weighted by Crippen LogP contribution is -2.17. The minimum atomic E-state index is -0.265. The van der Waals surface area contributed by atoms with Gasteiger partial charge in [-0.2, -0.15) is 0 Å². The SMILES string of the molecule is CC(C)(C)CC(=O)Oc1ccc(NC(=O)c2ccccc2)cc1. The third-order valence-corrected chi connectivity index (χ3v) is 3.05. The van der Waals surface area contributed by atoms with Crippen LogP contribution in [0.15, 0.2) is 54.6 Å². The zero-order valence-corrected chi connectivity index (χ0v) is 13.6. The van der Waals surface area contributed by atoms with Crippen LogP contribution in [0, 0.1) is 5.41 Å². The van der Waals surface area contributed by atoms with Crippen LogP contribution in [0.5, 0.6) is 5.75 Å². The summed E-state index contributed by atoms with van der Waals surface area (Å²) >= 11 is 0. The molecule has 120 valence electrons. The van der Waals surface area contributed by atoms with Gasteiger partial charge in [-0.25, -0.2) is 0 Å². The maximum Gasteiger partial charge on any atom is 0.311 e. The number of hydrogen-bond acceptors (Lipinski definition) is 3. The maximum absolute atomic E-state index is 12.0. The van der Waals surface area contributed by atoms with Gasteiger partial charge in [-0.3, -0.25) is 9.59 Å². The molecule has 2 aromatic carbocycles. The van der Waals surface area contributed by atoms with Crippen molar-refractivity contribution in [2.45, 2.75) is 27.2 Å². The molecule has 4 heteroatoms. The number of carbonyl (C=O) groups excluding carboxylic acids is 2. The number of benzene rings is 2. The highest BCUT2D eigenvalue weighted by Crippen LogP contribution is 2.21. The molecule has 0 aliphatic carbocycles. The van der Waals surface area contributed by atoms with E-state index in [0.717, 1.165) is 0 Å². The highest BCUT2D eigenvalue weighted by molar-refractivity contribution is 6.04. The lowest BCUT2D eigenvalue weighted by Gasteiger charge is -2.16. The number of carbonyl (C=O) groups is 2. The van der Waals surface area contributed by atoms with E-state index in [9.17, 15) is 9.59 Å². The van der Waals surface area contributed by atoms with Crippen LogP contribution in [0.2, 0.25) is 0 Å². The summed E-state index contributed by atoms with van der Waals surface area (Å²) < 4.78 is 5.28. The summed E-state index contributed by atoms with van der Waals surface area (Å²) in [5.74, 6) is 0.0265. The summed E-state index contributed by atoms with van der Waals surface area (Å²) in [7, 11) is 0. The Morgan fingerprint density at radius 1 is 0.957 bits per heavy atom. The summed E-state index contributed by atoms with van der Waals surface area (Å²) in [5, 5.41) is 2.80. The number of ether oxygens (including phenoxy) is 1. The summed E-state index contributed by atoms with van der Waals surface area (Å²) in [6, 6.07) is 15.7. The lowest BCUT2D eigenvalue weighted by atomic mass is 9.92. The molecule has 0 aromatic heterocycles. The topological polar surface area (TPSA) is 55.4 Å². The van der Waals surface area contributed by atoms with Crippen LogP contribution in [0.3, 0.4) is 0 Å². The first kappa shape index (κ1) is 16.7. The van der Waals surface area contributed by atoms with Gasteiger partial charge in [0, 0.05) is 11.3 Å². The zero-order chi connectivity index (χ0) is 16.9. The minimum Gasteiger partial charge on any atom is -0.427 e. The predicted molar refractivity (Wildman–Crippen MR) is 90.5 cm³/mol. The minimum absolute atomic E-state index is 0.110. The molecule has 0 heterocycles. The van der Waals surface area contributed by atoms with E-state index in [1.54, 1.807) is 36.4 Å². The van der Waals surface area contributed by atoms with Gasteiger partial charge in [-0.05, 0) is 41.8 Å². The van der Waals surface area contributed by atoms with Crippen molar-refractivity contribution < 1.29 is 14.3 Å². The third-order valence-electron chi connectivity index (χ3n) is 3.05. The predicted octanol–water partition coefficient (Wildman–Crippen LogP) is 4.28. The van der Waals surface area contributed by atoms with E-state index in [2.05, 4.69) is 5.32 Å². The van der Waals surface area contributed by atoms with Crippen molar-refractivity contribution >= 4 is 17.6 Å². The molecule has 0 saturated carbocycles. The van der Waals surface area contributed by atoms with E-state index in [4.69, 9.17) is 4.74 Å². The van der Waals surface area contributed by atoms with Crippen LogP contribution in [-0.2, 0) is 4.79 Å². The molecule has 0 spiro atoms. The first-order valence-electron chi connectivity index (χ1n) is 7.51. The number of anilines is 1. The molecule has 1 N–H and O–H groups in total. The average molecular weight is 311 g/mol. The summed E-state index contributed by atoms with van der Waals surface area (Å²) in [6.45, 7) is 5.95. The number of amides is 1. The quantitative estimate of drug-likeness (QED) is 0.677. The highest BCUT2D eigenvalue weighted by Gasteiger charge is 2.17. The normalized spacial score (nSPS) is 10.9. The van der Waals surface area contributed by atoms with Crippen molar-refractivity contribution in [2.24, 2.45) is 5.41 Å². The Labute approximate surface area is 136 Å². The van der Waals surface area contributed by atoms with E-state index in [-0.39, 0.29) is 17.3 Å². The fourth-order valence-corrected chi connectivity index (χ4v) is 2.00. The molecule has 0 saturated heterocycles. The second-order valence-corrected chi connectivity index (χ2v) is 6.56. The van der Waals surface area contributed by atoms with E-state index in [0.29, 0.717) is 23.4 Å². The van der Waals surface area contributed by atoms with Crippen LogP contribution >= 0.6 is 0 Å². The van der Waals surface area contributed by atoms with Crippen LogP contribution < -0.4 is 10.1 Å². The van der Waals surface area contributed by atoms with Gasteiger partial charge in [0.15, 0.2) is 0 Å². The van der Waals surface area contributed by atoms with Gasteiger partial charge in [-0.15, -0.1) is 0 Å². The Balaban J connectivity index is 1.95. The van der Waals surface area contributed by atoms with Crippen LogP contribution in [0.25, 0.3) is 0 Å². The smallest absolute Gasteiger partial charge is 0.311 e. The molecule has 0 bridgehead atoms. The van der Waals surface area contributed by atoms with Gasteiger partial charge in [0.1, 0.15) is 5.75 Å². The van der Waals surface area contributed by atoms with Crippen molar-refractivity contribution in [1.29, 1.82) is 0 Å². The van der Waals surface area contributed by atoms with Crippen molar-refractivity contribution in [3.63, 3.8) is 0 Å². The van der Waals surface area contributed by atoms with Gasteiger partial charge in [-0.1, -0.05) is 39.0 Å². The molecule has 0 fully saturated rings. The van der Waals surface area contributed by atoms with Gasteiger partial charge < -0.3 is 10.1 Å². The number of hydrogen-bond donors (Lipinski definition) is 1. The molecule has 4 nitrogen and oxygen atoms in total. The van der Waals surface area contributed by atoms with E-state index >= 15 is 0 Å². The Morgan fingerprint density at radius 3 is 2.13 bits per heavy atom. The number of esters is 1. The van der Waals surface area contributed by atoms with Crippen molar-refractivity contribution in [1.82, 2.24) is 0 Å². The zero-order valence-electron chi connectivity index (χ0n) is 13.6. The van der Waals surface area contributed by atoms with Gasteiger partial charge in [0.2, 0.25) is 0 Å². The third kappa shape index (κ3) is 5.58. The fraction of sp³-hybridized carbons (Fsp3) is 0.263. The standard InChI is InChI=1S/C19H21NO3/c1-19(2,3)13-17(21)23-16-11-9-15(10-12-16)20-18(22)14-7-5-4-6-8-14/h4-12H,13H2,1-3H3,(H,20,22). The molecule has 2 aromatic rings. The first-order chi connectivity index (χ1) is 10.8. The average Bonchev–Trinajstić information content (AvgIpc) is 2.48. The molecule has 0 atom stereocenters. The Bertz CT molecular complexity index is 670. The Hall–Kier alpha value is -2.62. The van der Waals surface area contributed by atoms with E-state index in [1.807, 2.05) is 39.0 Å². The molecule has 0 radical (unpaired) electrons. The summed E-state index contributed by atoms with van der Waals surface area (Å²) in [5.41, 5.74) is 1.13. The molecule has 0 aliphatic heterocycles. The molecule has 1 amide bonds. The maximum atomic E-state index is 12.0. The second-order valence-electron chi connectivity index (χ2n) is 6.56. The van der Waals surface area contributed by atoms with E-state index in [1.165, 1.54) is 0 Å². The molecular weight excluding hydrogens is 290 g/mol. The van der Waals surface area contributed by atoms with Gasteiger partial charge in [0.05, 0.1) is 6.42 Å². The molecule has 2 rings (SSSR count). The number of rotatable bonds is 4. The molecule has 0 aliphatic rings. The molecule has 0 unspecified atom stereocenters. The lowest BCUT2D eigenvalue weighted by molar-refractivity contribution is -0.136. The number of nitrogens with one attached hydrogen (secondary N) is 1. The van der Waals surface area contributed by atoms with E-state index < -0.39 is 0 Å². The summed E-state index contributed by atoms with van der Waals surface area (Å²) in [6.07, 6.45) is 0.347. The molecule has 23 heavy (non-hydrogen) atoms. The summed E-state index contributed by atoms with van der Waals surface area (Å²) in [4.78, 5) is 23.8.